The van der Waals surface area contributed by atoms with Crippen molar-refractivity contribution in [2.45, 2.75) is 26.1 Å². The highest BCUT2D eigenvalue weighted by molar-refractivity contribution is 5.47. The monoisotopic (exact) mass is 253 g/mol. The van der Waals surface area contributed by atoms with Gasteiger partial charge in [0, 0.05) is 12.1 Å². The number of para-hydroxylation sites is 1. The fourth-order valence-corrected chi connectivity index (χ4v) is 1.76. The first kappa shape index (κ1) is 14.8. The summed E-state index contributed by atoms with van der Waals surface area (Å²) >= 11 is 0. The molecule has 1 aromatic rings. The molecular formula is C14H23NO3. The van der Waals surface area contributed by atoms with E-state index >= 15 is 0 Å². The summed E-state index contributed by atoms with van der Waals surface area (Å²) in [6, 6.07) is 5.57. The van der Waals surface area contributed by atoms with Crippen molar-refractivity contribution in [1.82, 2.24) is 4.90 Å². The third-order valence-corrected chi connectivity index (χ3v) is 2.48. The van der Waals surface area contributed by atoms with Crippen LogP contribution in [-0.2, 0) is 0 Å². The first-order valence-electron chi connectivity index (χ1n) is 6.12. The van der Waals surface area contributed by atoms with E-state index in [4.69, 9.17) is 9.47 Å². The van der Waals surface area contributed by atoms with Crippen LogP contribution in [0.1, 0.15) is 25.5 Å². The smallest absolute Gasteiger partial charge is 0.167 e. The molecule has 4 nitrogen and oxygen atoms in total. The lowest BCUT2D eigenvalue weighted by Gasteiger charge is -2.22. The van der Waals surface area contributed by atoms with Gasteiger partial charge >= 0.3 is 0 Å². The first-order chi connectivity index (χ1) is 8.45. The Morgan fingerprint density at radius 1 is 1.28 bits per heavy atom. The van der Waals surface area contributed by atoms with Gasteiger partial charge in [0.15, 0.2) is 11.5 Å². The molecule has 18 heavy (non-hydrogen) atoms. The van der Waals surface area contributed by atoms with Crippen molar-refractivity contribution in [3.05, 3.63) is 23.8 Å². The number of methoxy groups -OCH3 is 1. The van der Waals surface area contributed by atoms with Gasteiger partial charge in [-0.25, -0.2) is 0 Å². The van der Waals surface area contributed by atoms with Gasteiger partial charge in [-0.05, 0) is 34.0 Å². The van der Waals surface area contributed by atoms with E-state index in [-0.39, 0.29) is 6.10 Å². The van der Waals surface area contributed by atoms with Crippen LogP contribution in [0, 0.1) is 0 Å². The summed E-state index contributed by atoms with van der Waals surface area (Å²) in [4.78, 5) is 1.93. The molecular weight excluding hydrogens is 230 g/mol. The number of aliphatic hydroxyl groups is 1. The number of benzene rings is 1. The highest BCUT2D eigenvalue weighted by Crippen LogP contribution is 2.35. The number of rotatable bonds is 6. The Morgan fingerprint density at radius 3 is 2.44 bits per heavy atom. The van der Waals surface area contributed by atoms with Gasteiger partial charge in [-0.3, -0.25) is 0 Å². The van der Waals surface area contributed by atoms with E-state index in [2.05, 4.69) is 0 Å². The number of hydrogen-bond acceptors (Lipinski definition) is 4. The minimum atomic E-state index is -0.594. The van der Waals surface area contributed by atoms with Crippen LogP contribution in [0.3, 0.4) is 0 Å². The van der Waals surface area contributed by atoms with Crippen LogP contribution in [0.5, 0.6) is 11.5 Å². The topological polar surface area (TPSA) is 41.9 Å². The molecule has 0 aliphatic heterocycles. The third kappa shape index (κ3) is 3.89. The van der Waals surface area contributed by atoms with Crippen molar-refractivity contribution in [2.75, 3.05) is 27.7 Å². The number of likely N-dealkylation sites (N-methyl/N-ethyl adjacent to an activating group) is 1. The normalized spacial score (nSPS) is 12.9. The van der Waals surface area contributed by atoms with Crippen LogP contribution < -0.4 is 9.47 Å². The van der Waals surface area contributed by atoms with Gasteiger partial charge in [0.1, 0.15) is 0 Å². The molecule has 0 spiro atoms. The fraction of sp³-hybridized carbons (Fsp3) is 0.571. The number of aliphatic hydroxyl groups excluding tert-OH is 1. The summed E-state index contributed by atoms with van der Waals surface area (Å²) in [6.07, 6.45) is -0.560. The summed E-state index contributed by atoms with van der Waals surface area (Å²) in [5.74, 6) is 1.28. The van der Waals surface area contributed by atoms with Gasteiger partial charge in [-0.15, -0.1) is 0 Å². The van der Waals surface area contributed by atoms with Crippen LogP contribution in [0.25, 0.3) is 0 Å². The molecule has 1 atom stereocenters. The molecule has 0 fully saturated rings. The molecule has 102 valence electrons. The van der Waals surface area contributed by atoms with Crippen LogP contribution in [0.4, 0.5) is 0 Å². The minimum absolute atomic E-state index is 0.0339. The number of hydrogen-bond donors (Lipinski definition) is 1. The quantitative estimate of drug-likeness (QED) is 0.843. The second-order valence-electron chi connectivity index (χ2n) is 4.82. The van der Waals surface area contributed by atoms with E-state index in [9.17, 15) is 5.11 Å². The van der Waals surface area contributed by atoms with Crippen molar-refractivity contribution in [1.29, 1.82) is 0 Å². The van der Waals surface area contributed by atoms with E-state index in [1.807, 2.05) is 51.0 Å². The van der Waals surface area contributed by atoms with E-state index in [0.29, 0.717) is 18.0 Å². The lowest BCUT2D eigenvalue weighted by Crippen LogP contribution is -2.21. The Bertz CT molecular complexity index is 377. The zero-order chi connectivity index (χ0) is 13.7. The van der Waals surface area contributed by atoms with Crippen molar-refractivity contribution >= 4 is 0 Å². The van der Waals surface area contributed by atoms with Crippen LogP contribution in [-0.4, -0.2) is 43.9 Å². The zero-order valence-electron chi connectivity index (χ0n) is 11.8. The van der Waals surface area contributed by atoms with Crippen molar-refractivity contribution in [3.63, 3.8) is 0 Å². The lowest BCUT2D eigenvalue weighted by molar-refractivity contribution is 0.130. The second-order valence-corrected chi connectivity index (χ2v) is 4.82. The van der Waals surface area contributed by atoms with Crippen molar-refractivity contribution in [2.24, 2.45) is 0 Å². The molecule has 0 heterocycles. The van der Waals surface area contributed by atoms with Crippen molar-refractivity contribution < 1.29 is 14.6 Å². The van der Waals surface area contributed by atoms with Gasteiger partial charge in [0.2, 0.25) is 0 Å². The molecule has 1 N–H and O–H groups in total. The molecule has 1 aromatic carbocycles. The summed E-state index contributed by atoms with van der Waals surface area (Å²) in [7, 11) is 5.45. The molecule has 1 rings (SSSR count). The SMILES string of the molecule is COc1cccc([C@H](O)CN(C)C)c1OC(C)C. The Morgan fingerprint density at radius 2 is 1.94 bits per heavy atom. The van der Waals surface area contributed by atoms with Crippen molar-refractivity contribution in [3.8, 4) is 11.5 Å². The molecule has 0 aliphatic carbocycles. The van der Waals surface area contributed by atoms with Gasteiger partial charge in [-0.2, -0.15) is 0 Å². The predicted octanol–water partition coefficient (Wildman–Crippen LogP) is 2.08. The third-order valence-electron chi connectivity index (χ3n) is 2.48. The first-order valence-corrected chi connectivity index (χ1v) is 6.12. The maximum atomic E-state index is 10.2. The van der Waals surface area contributed by atoms with E-state index in [0.717, 1.165) is 5.56 Å². The van der Waals surface area contributed by atoms with E-state index in [1.165, 1.54) is 0 Å². The molecule has 0 saturated carbocycles. The molecule has 0 saturated heterocycles. The molecule has 0 radical (unpaired) electrons. The molecule has 0 unspecified atom stereocenters. The zero-order valence-corrected chi connectivity index (χ0v) is 11.8. The highest BCUT2D eigenvalue weighted by Gasteiger charge is 2.18. The van der Waals surface area contributed by atoms with E-state index < -0.39 is 6.10 Å². The molecule has 0 aliphatic rings. The standard InChI is InChI=1S/C14H23NO3/c1-10(2)18-14-11(12(16)9-15(3)4)7-6-8-13(14)17-5/h6-8,10,12,16H,9H2,1-5H3/t12-/m1/s1. The Hall–Kier alpha value is -1.26. The number of nitrogens with zero attached hydrogens (tertiary/aromatic N) is 1. The van der Waals surface area contributed by atoms with Crippen LogP contribution >= 0.6 is 0 Å². The maximum Gasteiger partial charge on any atom is 0.167 e. The second kappa shape index (κ2) is 6.61. The Kier molecular flexibility index (Phi) is 5.44. The molecule has 0 amide bonds. The minimum Gasteiger partial charge on any atom is -0.493 e. The number of ether oxygens (including phenoxy) is 2. The van der Waals surface area contributed by atoms with Crippen LogP contribution in [0.15, 0.2) is 18.2 Å². The average molecular weight is 253 g/mol. The van der Waals surface area contributed by atoms with Gasteiger partial charge in [0.25, 0.3) is 0 Å². The summed E-state index contributed by atoms with van der Waals surface area (Å²) < 4.78 is 11.1. The molecule has 4 heteroatoms. The van der Waals surface area contributed by atoms with Gasteiger partial charge in [-0.1, -0.05) is 12.1 Å². The molecule has 0 bridgehead atoms. The van der Waals surface area contributed by atoms with Crippen LogP contribution in [0.2, 0.25) is 0 Å². The summed E-state index contributed by atoms with van der Waals surface area (Å²) in [6.45, 7) is 4.45. The van der Waals surface area contributed by atoms with Gasteiger partial charge < -0.3 is 19.5 Å². The highest BCUT2D eigenvalue weighted by atomic mass is 16.5. The fourth-order valence-electron chi connectivity index (χ4n) is 1.76. The summed E-state index contributed by atoms with van der Waals surface area (Å²) in [5.41, 5.74) is 0.761. The average Bonchev–Trinajstić information content (AvgIpc) is 2.27. The Balaban J connectivity index is 3.08. The lowest BCUT2D eigenvalue weighted by atomic mass is 10.1. The predicted molar refractivity (Wildman–Crippen MR) is 72.3 cm³/mol. The Labute approximate surface area is 109 Å². The van der Waals surface area contributed by atoms with Gasteiger partial charge in [0.05, 0.1) is 19.3 Å². The largest absolute Gasteiger partial charge is 0.493 e. The molecule has 0 aromatic heterocycles. The van der Waals surface area contributed by atoms with E-state index in [1.54, 1.807) is 7.11 Å². The maximum absolute atomic E-state index is 10.2. The summed E-state index contributed by atoms with van der Waals surface area (Å²) in [5, 5.41) is 10.2.